The van der Waals surface area contributed by atoms with Crippen molar-refractivity contribution in [2.24, 2.45) is 23.2 Å². The first kappa shape index (κ1) is 12.6. The Morgan fingerprint density at radius 2 is 1.42 bits per heavy atom. The maximum atomic E-state index is 10.9. The lowest BCUT2D eigenvalue weighted by atomic mass is 9.48. The molecule has 1 N–H and O–H groups in total. The van der Waals surface area contributed by atoms with Crippen LogP contribution in [0.5, 0.6) is 0 Å². The molecular formula is C17H29NO. The zero-order valence-electron chi connectivity index (χ0n) is 12.2. The van der Waals surface area contributed by atoms with Crippen LogP contribution in [0, 0.1) is 23.2 Å². The van der Waals surface area contributed by atoms with E-state index in [1.54, 1.807) is 0 Å². The summed E-state index contributed by atoms with van der Waals surface area (Å²) >= 11 is 0. The summed E-state index contributed by atoms with van der Waals surface area (Å²) in [6, 6.07) is 0. The van der Waals surface area contributed by atoms with Crippen LogP contribution in [-0.4, -0.2) is 35.7 Å². The van der Waals surface area contributed by atoms with Crippen LogP contribution in [0.1, 0.15) is 57.8 Å². The zero-order valence-corrected chi connectivity index (χ0v) is 12.2. The van der Waals surface area contributed by atoms with Gasteiger partial charge in [-0.25, -0.2) is 0 Å². The molecule has 4 bridgehead atoms. The van der Waals surface area contributed by atoms with E-state index in [0.29, 0.717) is 5.41 Å². The van der Waals surface area contributed by atoms with Gasteiger partial charge in [-0.3, -0.25) is 0 Å². The normalized spacial score (nSPS) is 47.5. The van der Waals surface area contributed by atoms with Crippen molar-refractivity contribution in [3.8, 4) is 0 Å². The van der Waals surface area contributed by atoms with Gasteiger partial charge in [0.2, 0.25) is 0 Å². The van der Waals surface area contributed by atoms with Gasteiger partial charge in [-0.2, -0.15) is 0 Å². The summed E-state index contributed by atoms with van der Waals surface area (Å²) in [5, 5.41) is 10.9. The molecule has 19 heavy (non-hydrogen) atoms. The first-order valence-corrected chi connectivity index (χ1v) is 8.64. The number of aliphatic hydroxyl groups is 1. The number of rotatable bonds is 3. The van der Waals surface area contributed by atoms with Crippen molar-refractivity contribution < 1.29 is 5.11 Å². The molecule has 0 radical (unpaired) electrons. The van der Waals surface area contributed by atoms with E-state index in [9.17, 15) is 5.11 Å². The van der Waals surface area contributed by atoms with Crippen LogP contribution in [0.25, 0.3) is 0 Å². The maximum Gasteiger partial charge on any atom is 0.0723 e. The summed E-state index contributed by atoms with van der Waals surface area (Å²) in [4.78, 5) is 2.53. The number of hydrogen-bond donors (Lipinski definition) is 1. The Morgan fingerprint density at radius 3 is 1.95 bits per heavy atom. The van der Waals surface area contributed by atoms with Crippen molar-refractivity contribution >= 4 is 0 Å². The quantitative estimate of drug-likeness (QED) is 0.846. The third-order valence-corrected chi connectivity index (χ3v) is 6.67. The van der Waals surface area contributed by atoms with Crippen LogP contribution in [0.4, 0.5) is 0 Å². The van der Waals surface area contributed by atoms with Gasteiger partial charge in [0.05, 0.1) is 6.10 Å². The summed E-state index contributed by atoms with van der Waals surface area (Å²) in [5.41, 5.74) is 0.326. The molecule has 1 heterocycles. The Labute approximate surface area is 117 Å². The number of nitrogens with zero attached hydrogens (tertiary/aromatic N) is 1. The molecular weight excluding hydrogens is 234 g/mol. The lowest BCUT2D eigenvalue weighted by Crippen LogP contribution is -2.54. The van der Waals surface area contributed by atoms with Gasteiger partial charge in [-0.1, -0.05) is 6.42 Å². The summed E-state index contributed by atoms with van der Waals surface area (Å²) in [5.74, 6) is 2.88. The second-order valence-electron chi connectivity index (χ2n) is 8.16. The Hall–Kier alpha value is -0.0800. The van der Waals surface area contributed by atoms with Crippen molar-refractivity contribution in [1.29, 1.82) is 0 Å². The molecule has 0 aromatic heterocycles. The minimum absolute atomic E-state index is 0.0426. The first-order chi connectivity index (χ1) is 9.23. The maximum absolute atomic E-state index is 10.9. The van der Waals surface area contributed by atoms with Gasteiger partial charge >= 0.3 is 0 Å². The summed E-state index contributed by atoms with van der Waals surface area (Å²) < 4.78 is 0. The monoisotopic (exact) mass is 263 g/mol. The molecule has 1 saturated heterocycles. The van der Waals surface area contributed by atoms with Crippen LogP contribution >= 0.6 is 0 Å². The molecule has 1 atom stereocenters. The zero-order chi connectivity index (χ0) is 12.9. The van der Waals surface area contributed by atoms with Crippen LogP contribution in [0.15, 0.2) is 0 Å². The van der Waals surface area contributed by atoms with Crippen LogP contribution in [0.3, 0.4) is 0 Å². The number of likely N-dealkylation sites (tertiary alicyclic amines) is 1. The van der Waals surface area contributed by atoms with E-state index in [-0.39, 0.29) is 6.10 Å². The second-order valence-corrected chi connectivity index (χ2v) is 8.16. The van der Waals surface area contributed by atoms with E-state index in [4.69, 9.17) is 0 Å². The molecule has 0 spiro atoms. The summed E-state index contributed by atoms with van der Waals surface area (Å²) in [6.07, 6.45) is 12.5. The number of aliphatic hydroxyl groups excluding tert-OH is 1. The van der Waals surface area contributed by atoms with E-state index >= 15 is 0 Å². The molecule has 0 aromatic carbocycles. The van der Waals surface area contributed by atoms with Crippen molar-refractivity contribution in [2.75, 3.05) is 19.6 Å². The van der Waals surface area contributed by atoms with Crippen molar-refractivity contribution in [2.45, 2.75) is 63.9 Å². The van der Waals surface area contributed by atoms with Gasteiger partial charge in [0.25, 0.3) is 0 Å². The minimum atomic E-state index is -0.0426. The first-order valence-electron chi connectivity index (χ1n) is 8.64. The van der Waals surface area contributed by atoms with Crippen molar-refractivity contribution in [1.82, 2.24) is 4.90 Å². The predicted octanol–water partition coefficient (Wildman–Crippen LogP) is 3.05. The average Bonchev–Trinajstić information content (AvgIpc) is 2.38. The molecule has 0 aromatic rings. The fraction of sp³-hybridized carbons (Fsp3) is 1.00. The second kappa shape index (κ2) is 4.73. The number of piperidine rings is 1. The van der Waals surface area contributed by atoms with Gasteiger partial charge in [0.15, 0.2) is 0 Å². The minimum Gasteiger partial charge on any atom is -0.391 e. The van der Waals surface area contributed by atoms with Crippen LogP contribution in [0.2, 0.25) is 0 Å². The molecule has 2 heteroatoms. The van der Waals surface area contributed by atoms with Gasteiger partial charge in [0.1, 0.15) is 0 Å². The van der Waals surface area contributed by atoms with Gasteiger partial charge < -0.3 is 10.0 Å². The molecule has 1 aliphatic heterocycles. The van der Waals surface area contributed by atoms with E-state index in [2.05, 4.69) is 4.90 Å². The molecule has 2 nitrogen and oxygen atoms in total. The SMILES string of the molecule is OC(CN1CCCCC1)C12CC3CC(CC(C3)C1)C2. The molecule has 4 aliphatic carbocycles. The van der Waals surface area contributed by atoms with Gasteiger partial charge in [-0.15, -0.1) is 0 Å². The number of hydrogen-bond acceptors (Lipinski definition) is 2. The van der Waals surface area contributed by atoms with E-state index in [0.717, 1.165) is 24.3 Å². The highest BCUT2D eigenvalue weighted by atomic mass is 16.3. The lowest BCUT2D eigenvalue weighted by molar-refractivity contribution is -0.127. The molecule has 4 saturated carbocycles. The summed E-state index contributed by atoms with van der Waals surface area (Å²) in [6.45, 7) is 3.42. The van der Waals surface area contributed by atoms with Crippen molar-refractivity contribution in [3.63, 3.8) is 0 Å². The third-order valence-electron chi connectivity index (χ3n) is 6.67. The fourth-order valence-electron chi connectivity index (χ4n) is 6.17. The largest absolute Gasteiger partial charge is 0.391 e. The molecule has 108 valence electrons. The Bertz CT molecular complexity index is 299. The Balaban J connectivity index is 1.45. The van der Waals surface area contributed by atoms with Crippen molar-refractivity contribution in [3.05, 3.63) is 0 Å². The van der Waals surface area contributed by atoms with E-state index in [1.807, 2.05) is 0 Å². The highest BCUT2D eigenvalue weighted by Crippen LogP contribution is 2.61. The lowest BCUT2D eigenvalue weighted by Gasteiger charge is -2.58. The van der Waals surface area contributed by atoms with Gasteiger partial charge in [-0.05, 0) is 87.6 Å². The smallest absolute Gasteiger partial charge is 0.0723 e. The third kappa shape index (κ3) is 2.25. The molecule has 0 amide bonds. The highest BCUT2D eigenvalue weighted by Gasteiger charge is 2.54. The average molecular weight is 263 g/mol. The fourth-order valence-corrected chi connectivity index (χ4v) is 6.17. The molecule has 5 fully saturated rings. The van der Waals surface area contributed by atoms with Crippen LogP contribution in [-0.2, 0) is 0 Å². The van der Waals surface area contributed by atoms with Crippen LogP contribution < -0.4 is 0 Å². The predicted molar refractivity (Wildman–Crippen MR) is 76.9 cm³/mol. The Morgan fingerprint density at radius 1 is 0.895 bits per heavy atom. The molecule has 5 rings (SSSR count). The van der Waals surface area contributed by atoms with E-state index < -0.39 is 0 Å². The number of β-amino-alcohol motifs (C(OH)–C–C–N with tert-alkyl or cyclic N) is 1. The molecule has 5 aliphatic rings. The molecule has 1 unspecified atom stereocenters. The Kier molecular flexibility index (Phi) is 3.15. The van der Waals surface area contributed by atoms with Gasteiger partial charge in [0, 0.05) is 6.54 Å². The highest BCUT2D eigenvalue weighted by molar-refractivity contribution is 5.04. The topological polar surface area (TPSA) is 23.5 Å². The standard InChI is InChI=1S/C17H29NO/c19-16(12-18-4-2-1-3-5-18)17-9-13-6-14(10-17)8-15(7-13)11-17/h13-16,19H,1-12H2. The van der Waals surface area contributed by atoms with E-state index in [1.165, 1.54) is 70.9 Å². The summed E-state index contributed by atoms with van der Waals surface area (Å²) in [7, 11) is 0.